The zero-order valence-electron chi connectivity index (χ0n) is 21.9. The summed E-state index contributed by atoms with van der Waals surface area (Å²) in [6, 6.07) is 4.08. The molecule has 2 aliphatic carbocycles. The minimum atomic E-state index is 0.375. The second-order valence-corrected chi connectivity index (χ2v) is 8.84. The molecule has 0 saturated carbocycles. The van der Waals surface area contributed by atoms with Crippen LogP contribution in [0.2, 0.25) is 0 Å². The van der Waals surface area contributed by atoms with Gasteiger partial charge in [-0.25, -0.2) is 4.98 Å². The summed E-state index contributed by atoms with van der Waals surface area (Å²) in [5.41, 5.74) is 3.19. The number of nitriles is 1. The largest absolute Gasteiger partial charge is 0.490 e. The summed E-state index contributed by atoms with van der Waals surface area (Å²) in [4.78, 5) is 13.6. The molecule has 1 aromatic rings. The molecule has 198 valence electrons. The van der Waals surface area contributed by atoms with Crippen LogP contribution in [0.4, 0.5) is 0 Å². The number of carbonyl (C=O) groups is 1. The van der Waals surface area contributed by atoms with Crippen molar-refractivity contribution in [2.75, 3.05) is 46.8 Å². The number of likely N-dealkylation sites (N-methyl/N-ethyl adjacent to an activating group) is 1. The van der Waals surface area contributed by atoms with Crippen molar-refractivity contribution in [3.05, 3.63) is 69.3 Å². The molecule has 37 heavy (non-hydrogen) atoms. The number of thioether (sulfide) groups is 1. The van der Waals surface area contributed by atoms with Crippen molar-refractivity contribution < 1.29 is 23.7 Å². The number of nitrogens with one attached hydrogen (secondary N) is 1. The number of methoxy groups -OCH3 is 2. The van der Waals surface area contributed by atoms with E-state index in [9.17, 15) is 5.26 Å². The van der Waals surface area contributed by atoms with Crippen LogP contribution >= 0.6 is 11.8 Å². The van der Waals surface area contributed by atoms with Crippen LogP contribution in [0.25, 0.3) is 12.2 Å². The molecular formula is C28H35N3O5S. The quantitative estimate of drug-likeness (QED) is 0.327. The Bertz CT molecular complexity index is 1200. The molecule has 0 fully saturated rings. The number of carbonyl (C=O) groups excluding carboxylic acids is 1. The average molecular weight is 526 g/mol. The lowest BCUT2D eigenvalue weighted by atomic mass is 10.1. The average Bonchev–Trinajstić information content (AvgIpc) is 3.29. The third-order valence-electron chi connectivity index (χ3n) is 5.30. The Kier molecular flexibility index (Phi) is 13.7. The molecule has 0 atom stereocenters. The van der Waals surface area contributed by atoms with Gasteiger partial charge in [-0.3, -0.25) is 4.79 Å². The summed E-state index contributed by atoms with van der Waals surface area (Å²) in [5.74, 6) is 2.34. The molecule has 0 bridgehead atoms. The van der Waals surface area contributed by atoms with Crippen LogP contribution in [0.15, 0.2) is 58.2 Å². The number of nitrogens with zero attached hydrogens (tertiary/aromatic N) is 2. The van der Waals surface area contributed by atoms with Gasteiger partial charge in [-0.05, 0) is 42.7 Å². The summed E-state index contributed by atoms with van der Waals surface area (Å²) >= 11 is 1.53. The molecule has 0 amide bonds. The van der Waals surface area contributed by atoms with Crippen LogP contribution in [0, 0.1) is 11.3 Å². The predicted molar refractivity (Wildman–Crippen MR) is 146 cm³/mol. The molecule has 0 aromatic carbocycles. The second kappa shape index (κ2) is 17.1. The predicted octanol–water partition coefficient (Wildman–Crippen LogP) is 3.09. The van der Waals surface area contributed by atoms with Gasteiger partial charge in [0, 0.05) is 37.2 Å². The smallest absolute Gasteiger partial charge is 0.292 e. The normalized spacial score (nSPS) is 15.1. The fourth-order valence-corrected chi connectivity index (χ4v) is 4.29. The highest BCUT2D eigenvalue weighted by molar-refractivity contribution is 7.99. The van der Waals surface area contributed by atoms with Gasteiger partial charge in [0.1, 0.15) is 30.1 Å². The minimum Gasteiger partial charge on any atom is -0.490 e. The van der Waals surface area contributed by atoms with Crippen LogP contribution < -0.4 is 15.9 Å². The SMILES string of the molecule is CCC1=CCC=CC(NC)=C1.COC=O.COCCSc1nc2c(cc1C#N)=CC1=C(CC=2)OCCO1. The van der Waals surface area contributed by atoms with Crippen LogP contribution in [0.1, 0.15) is 31.7 Å². The number of hydrogen-bond donors (Lipinski definition) is 1. The fourth-order valence-electron chi connectivity index (χ4n) is 3.42. The molecular weight excluding hydrogens is 490 g/mol. The molecule has 1 aliphatic heterocycles. The van der Waals surface area contributed by atoms with Crippen molar-refractivity contribution in [3.8, 4) is 6.07 Å². The summed E-state index contributed by atoms with van der Waals surface area (Å²) < 4.78 is 20.2. The van der Waals surface area contributed by atoms with Gasteiger partial charge in [0.15, 0.2) is 5.76 Å². The van der Waals surface area contributed by atoms with Crippen molar-refractivity contribution in [3.63, 3.8) is 0 Å². The number of hydrogen-bond acceptors (Lipinski definition) is 9. The van der Waals surface area contributed by atoms with E-state index in [0.29, 0.717) is 38.3 Å². The molecule has 8 nitrogen and oxygen atoms in total. The Morgan fingerprint density at radius 3 is 2.70 bits per heavy atom. The maximum atomic E-state index is 9.35. The number of aromatic nitrogens is 1. The summed E-state index contributed by atoms with van der Waals surface area (Å²) in [6.07, 6.45) is 15.5. The Morgan fingerprint density at radius 1 is 1.24 bits per heavy atom. The van der Waals surface area contributed by atoms with Gasteiger partial charge in [0.25, 0.3) is 6.47 Å². The molecule has 1 aromatic heterocycles. The van der Waals surface area contributed by atoms with E-state index in [-0.39, 0.29) is 0 Å². The molecule has 4 rings (SSSR count). The summed E-state index contributed by atoms with van der Waals surface area (Å²) in [7, 11) is 4.93. The Labute approximate surface area is 223 Å². The molecule has 1 N–H and O–H groups in total. The van der Waals surface area contributed by atoms with Gasteiger partial charge < -0.3 is 24.3 Å². The van der Waals surface area contributed by atoms with E-state index in [0.717, 1.165) is 45.7 Å². The molecule has 9 heteroatoms. The maximum Gasteiger partial charge on any atom is 0.292 e. The second-order valence-electron chi connectivity index (χ2n) is 7.76. The Hall–Kier alpha value is -3.48. The summed E-state index contributed by atoms with van der Waals surface area (Å²) in [5, 5.41) is 15.0. The van der Waals surface area contributed by atoms with Crippen molar-refractivity contribution >= 4 is 30.4 Å². The lowest BCUT2D eigenvalue weighted by molar-refractivity contribution is -0.126. The highest BCUT2D eigenvalue weighted by Crippen LogP contribution is 2.21. The van der Waals surface area contributed by atoms with E-state index >= 15 is 0 Å². The molecule has 2 heterocycles. The third kappa shape index (κ3) is 9.83. The van der Waals surface area contributed by atoms with E-state index in [1.807, 2.05) is 25.3 Å². The fraction of sp³-hybridized carbons (Fsp3) is 0.393. The van der Waals surface area contributed by atoms with Gasteiger partial charge in [-0.1, -0.05) is 25.2 Å². The minimum absolute atomic E-state index is 0.375. The van der Waals surface area contributed by atoms with Crippen LogP contribution in [0.5, 0.6) is 0 Å². The van der Waals surface area contributed by atoms with Gasteiger partial charge in [0.05, 0.1) is 24.6 Å². The van der Waals surface area contributed by atoms with E-state index in [4.69, 9.17) is 19.0 Å². The van der Waals surface area contributed by atoms with Gasteiger partial charge in [-0.15, -0.1) is 11.8 Å². The van der Waals surface area contributed by atoms with Gasteiger partial charge in [-0.2, -0.15) is 5.26 Å². The van der Waals surface area contributed by atoms with Crippen molar-refractivity contribution in [1.82, 2.24) is 10.3 Å². The highest BCUT2D eigenvalue weighted by Gasteiger charge is 2.16. The lowest BCUT2D eigenvalue weighted by Gasteiger charge is -2.18. The topological polar surface area (TPSA) is 103 Å². The standard InChI is InChI=1S/C16H16N2O3S.C10H15N.C2H4O2/c1-19-6-7-22-16-12(10-17)8-11-9-15-14(20-4-5-21-15)3-2-13(11)18-16;1-3-9-6-4-5-7-10(8-9)11-2;1-4-2-3/h2,8-9H,3-7H2,1H3;5-8,11H,3-4H2,1-2H3;2H,1H3. The molecule has 0 saturated heterocycles. The zero-order chi connectivity index (χ0) is 26.9. The van der Waals surface area contributed by atoms with E-state index in [2.05, 4.69) is 52.3 Å². The summed E-state index contributed by atoms with van der Waals surface area (Å²) in [6.45, 7) is 4.31. The number of ether oxygens (including phenoxy) is 4. The van der Waals surface area contributed by atoms with Crippen molar-refractivity contribution in [2.24, 2.45) is 0 Å². The third-order valence-corrected chi connectivity index (χ3v) is 6.26. The molecule has 0 spiro atoms. The molecule has 0 radical (unpaired) electrons. The maximum absolute atomic E-state index is 9.35. The van der Waals surface area contributed by atoms with Crippen LogP contribution in [0.3, 0.4) is 0 Å². The van der Waals surface area contributed by atoms with E-state index in [1.54, 1.807) is 7.11 Å². The lowest BCUT2D eigenvalue weighted by Crippen LogP contribution is -2.29. The first kappa shape index (κ1) is 29.7. The number of fused-ring (bicyclic) bond motifs is 1. The van der Waals surface area contributed by atoms with Crippen molar-refractivity contribution in [2.45, 2.75) is 31.2 Å². The van der Waals surface area contributed by atoms with Crippen LogP contribution in [-0.4, -0.2) is 58.3 Å². The molecule has 0 unspecified atom stereocenters. The van der Waals surface area contributed by atoms with E-state index in [1.165, 1.54) is 30.1 Å². The van der Waals surface area contributed by atoms with E-state index < -0.39 is 0 Å². The van der Waals surface area contributed by atoms with Gasteiger partial charge >= 0.3 is 0 Å². The number of rotatable bonds is 7. The number of pyridine rings is 1. The number of allylic oxidation sites excluding steroid dienone is 7. The first-order valence-corrected chi connectivity index (χ1v) is 13.0. The van der Waals surface area contributed by atoms with Gasteiger partial charge in [0.2, 0.25) is 0 Å². The first-order valence-electron chi connectivity index (χ1n) is 12.0. The molecule has 3 aliphatic rings. The van der Waals surface area contributed by atoms with Crippen molar-refractivity contribution in [1.29, 1.82) is 5.26 Å². The highest BCUT2D eigenvalue weighted by atomic mass is 32.2. The Morgan fingerprint density at radius 2 is 2.03 bits per heavy atom. The first-order chi connectivity index (χ1) is 18.1. The zero-order valence-corrected chi connectivity index (χ0v) is 22.7. The Balaban J connectivity index is 0.000000268. The monoisotopic (exact) mass is 525 g/mol. The van der Waals surface area contributed by atoms with Crippen LogP contribution in [-0.2, 0) is 23.7 Å².